The maximum Gasteiger partial charge on any atom is 0.258 e. The lowest BCUT2D eigenvalue weighted by Gasteiger charge is -2.24. The van der Waals surface area contributed by atoms with Crippen molar-refractivity contribution in [3.63, 3.8) is 0 Å². The number of carbonyl (C=O) groups is 1. The van der Waals surface area contributed by atoms with Gasteiger partial charge in [0.25, 0.3) is 5.91 Å². The molecule has 1 heterocycles. The quantitative estimate of drug-likeness (QED) is 0.722. The van der Waals surface area contributed by atoms with Crippen LogP contribution in [0.3, 0.4) is 0 Å². The molecule has 1 aromatic heterocycles. The molecule has 1 aliphatic carbocycles. The Morgan fingerprint density at radius 3 is 2.94 bits per heavy atom. The summed E-state index contributed by atoms with van der Waals surface area (Å²) in [4.78, 5) is 13.9. The highest BCUT2D eigenvalue weighted by Crippen LogP contribution is 2.31. The Balaban J connectivity index is 2.22. The molecule has 4 N–H and O–H groups in total. The van der Waals surface area contributed by atoms with E-state index in [0.29, 0.717) is 10.6 Å². The second-order valence-electron chi connectivity index (χ2n) is 4.64. The molecule has 100 valence electrons. The molecule has 1 atom stereocenters. The maximum absolute atomic E-state index is 12.1. The molecular formula is C11H18N4O2S. The molecule has 0 aliphatic heterocycles. The average Bonchev–Trinajstić information content (AvgIpc) is 3.07. The number of amides is 1. The zero-order valence-corrected chi connectivity index (χ0v) is 11.3. The Hall–Kier alpha value is -1.34. The van der Waals surface area contributed by atoms with E-state index in [-0.39, 0.29) is 30.4 Å². The van der Waals surface area contributed by atoms with E-state index in [9.17, 15) is 4.79 Å². The summed E-state index contributed by atoms with van der Waals surface area (Å²) in [5, 5.41) is 12.8. The monoisotopic (exact) mass is 270 g/mol. The second-order valence-corrected chi connectivity index (χ2v) is 5.39. The molecule has 1 aliphatic rings. The van der Waals surface area contributed by atoms with Gasteiger partial charge in [0.05, 0.1) is 6.61 Å². The first-order chi connectivity index (χ1) is 8.54. The van der Waals surface area contributed by atoms with Gasteiger partial charge in [-0.15, -0.1) is 0 Å². The average molecular weight is 270 g/mol. The van der Waals surface area contributed by atoms with Crippen LogP contribution in [0.4, 0.5) is 10.8 Å². The predicted octanol–water partition coefficient (Wildman–Crippen LogP) is 0.434. The van der Waals surface area contributed by atoms with Crippen LogP contribution in [-0.2, 0) is 0 Å². The molecule has 1 unspecified atom stereocenters. The van der Waals surface area contributed by atoms with Gasteiger partial charge in [-0.25, -0.2) is 0 Å². The number of likely N-dealkylation sites (N-methyl/N-ethyl adjacent to an activating group) is 1. The number of hydrogen-bond donors (Lipinski definition) is 3. The number of anilines is 2. The van der Waals surface area contributed by atoms with Crippen LogP contribution >= 0.6 is 11.5 Å². The fraction of sp³-hybridized carbons (Fsp3) is 0.636. The van der Waals surface area contributed by atoms with Gasteiger partial charge in [0, 0.05) is 19.1 Å². The molecule has 7 heteroatoms. The van der Waals surface area contributed by atoms with E-state index in [2.05, 4.69) is 9.69 Å². The van der Waals surface area contributed by atoms with Crippen molar-refractivity contribution < 1.29 is 9.90 Å². The smallest absolute Gasteiger partial charge is 0.258 e. The summed E-state index contributed by atoms with van der Waals surface area (Å²) in [5.41, 5.74) is 6.19. The van der Waals surface area contributed by atoms with Gasteiger partial charge in [0.1, 0.15) is 10.6 Å². The summed E-state index contributed by atoms with van der Waals surface area (Å²) >= 11 is 1.18. The molecule has 0 radical (unpaired) electrons. The standard InChI is InChI=1S/C11H18N4O2S/c1-6(5-16)15(2)11-8(9(12)14-18-11)10(17)13-7-3-4-7/h6-7,16H,3-5H2,1-2H3,(H2,12,14)(H,13,17). The van der Waals surface area contributed by atoms with Crippen molar-refractivity contribution in [3.05, 3.63) is 5.56 Å². The molecule has 18 heavy (non-hydrogen) atoms. The minimum atomic E-state index is -0.171. The number of carbonyl (C=O) groups excluding carboxylic acids is 1. The Morgan fingerprint density at radius 1 is 1.72 bits per heavy atom. The minimum absolute atomic E-state index is 0.0119. The number of aliphatic hydroxyl groups is 1. The Kier molecular flexibility index (Phi) is 3.72. The highest BCUT2D eigenvalue weighted by atomic mass is 32.1. The predicted molar refractivity (Wildman–Crippen MR) is 72.0 cm³/mol. The summed E-state index contributed by atoms with van der Waals surface area (Å²) in [7, 11) is 1.82. The molecular weight excluding hydrogens is 252 g/mol. The van der Waals surface area contributed by atoms with Crippen molar-refractivity contribution in [2.24, 2.45) is 0 Å². The second kappa shape index (κ2) is 5.11. The molecule has 1 saturated carbocycles. The van der Waals surface area contributed by atoms with Gasteiger partial charge in [0.2, 0.25) is 0 Å². The number of aromatic nitrogens is 1. The zero-order valence-electron chi connectivity index (χ0n) is 10.5. The minimum Gasteiger partial charge on any atom is -0.394 e. The third kappa shape index (κ3) is 2.56. The van der Waals surface area contributed by atoms with Crippen LogP contribution in [0.1, 0.15) is 30.1 Å². The first-order valence-corrected chi connectivity index (χ1v) is 6.71. The van der Waals surface area contributed by atoms with E-state index in [1.54, 1.807) is 0 Å². The van der Waals surface area contributed by atoms with Crippen molar-refractivity contribution >= 4 is 28.3 Å². The van der Waals surface area contributed by atoms with Gasteiger partial charge in [-0.1, -0.05) is 0 Å². The highest BCUT2D eigenvalue weighted by molar-refractivity contribution is 7.11. The lowest BCUT2D eigenvalue weighted by molar-refractivity contribution is 0.0952. The first-order valence-electron chi connectivity index (χ1n) is 5.94. The van der Waals surface area contributed by atoms with E-state index >= 15 is 0 Å². The number of nitrogen functional groups attached to an aromatic ring is 1. The number of rotatable bonds is 5. The van der Waals surface area contributed by atoms with Crippen molar-refractivity contribution in [3.8, 4) is 0 Å². The van der Waals surface area contributed by atoms with Gasteiger partial charge in [0.15, 0.2) is 5.82 Å². The SMILES string of the molecule is CC(CO)N(C)c1snc(N)c1C(=O)NC1CC1. The van der Waals surface area contributed by atoms with Crippen LogP contribution in [0.5, 0.6) is 0 Å². The van der Waals surface area contributed by atoms with Gasteiger partial charge in [-0.3, -0.25) is 4.79 Å². The van der Waals surface area contributed by atoms with E-state index in [1.165, 1.54) is 11.5 Å². The molecule has 6 nitrogen and oxygen atoms in total. The number of hydrogen-bond acceptors (Lipinski definition) is 6. The lowest BCUT2D eigenvalue weighted by atomic mass is 10.2. The van der Waals surface area contributed by atoms with E-state index in [4.69, 9.17) is 10.8 Å². The van der Waals surface area contributed by atoms with Crippen molar-refractivity contribution in [1.29, 1.82) is 0 Å². The van der Waals surface area contributed by atoms with Crippen molar-refractivity contribution in [2.75, 3.05) is 24.3 Å². The highest BCUT2D eigenvalue weighted by Gasteiger charge is 2.29. The van der Waals surface area contributed by atoms with Crippen LogP contribution in [0.2, 0.25) is 0 Å². The molecule has 1 aromatic rings. The van der Waals surface area contributed by atoms with E-state index in [0.717, 1.165) is 12.8 Å². The topological polar surface area (TPSA) is 91.5 Å². The van der Waals surface area contributed by atoms with Gasteiger partial charge < -0.3 is 21.1 Å². The fourth-order valence-corrected chi connectivity index (χ4v) is 2.43. The largest absolute Gasteiger partial charge is 0.394 e. The number of nitrogens with zero attached hydrogens (tertiary/aromatic N) is 2. The Morgan fingerprint density at radius 2 is 2.39 bits per heavy atom. The summed E-state index contributed by atoms with van der Waals surface area (Å²) in [5.74, 6) is 0.0841. The van der Waals surface area contributed by atoms with Crippen LogP contribution in [0.25, 0.3) is 0 Å². The lowest BCUT2D eigenvalue weighted by Crippen LogP contribution is -2.34. The van der Waals surface area contributed by atoms with Crippen LogP contribution in [0, 0.1) is 0 Å². The summed E-state index contributed by atoms with van der Waals surface area (Å²) in [6.45, 7) is 1.89. The number of nitrogens with one attached hydrogen (secondary N) is 1. The first kappa shape index (κ1) is 13.1. The van der Waals surface area contributed by atoms with E-state index in [1.807, 2.05) is 18.9 Å². The normalized spacial score (nSPS) is 16.4. The molecule has 0 saturated heterocycles. The Labute approximate surface area is 110 Å². The summed E-state index contributed by atoms with van der Waals surface area (Å²) in [6.07, 6.45) is 2.06. The number of nitrogens with two attached hydrogens (primary N) is 1. The molecule has 1 fully saturated rings. The molecule has 0 bridgehead atoms. The Bertz CT molecular complexity index is 444. The fourth-order valence-electron chi connectivity index (χ4n) is 1.56. The van der Waals surface area contributed by atoms with Crippen LogP contribution in [-0.4, -0.2) is 41.1 Å². The van der Waals surface area contributed by atoms with E-state index < -0.39 is 0 Å². The third-order valence-electron chi connectivity index (χ3n) is 3.09. The summed E-state index contributed by atoms with van der Waals surface area (Å²) in [6, 6.07) is 0.197. The number of aliphatic hydroxyl groups excluding tert-OH is 1. The van der Waals surface area contributed by atoms with Crippen molar-refractivity contribution in [1.82, 2.24) is 9.69 Å². The maximum atomic E-state index is 12.1. The van der Waals surface area contributed by atoms with Gasteiger partial charge in [-0.2, -0.15) is 4.37 Å². The molecule has 0 aromatic carbocycles. The zero-order chi connectivity index (χ0) is 13.3. The molecule has 2 rings (SSSR count). The third-order valence-corrected chi connectivity index (χ3v) is 4.04. The van der Waals surface area contributed by atoms with Gasteiger partial charge >= 0.3 is 0 Å². The molecule has 1 amide bonds. The summed E-state index contributed by atoms with van der Waals surface area (Å²) < 4.78 is 4.04. The van der Waals surface area contributed by atoms with Gasteiger partial charge in [-0.05, 0) is 31.3 Å². The molecule has 0 spiro atoms. The van der Waals surface area contributed by atoms with Crippen LogP contribution < -0.4 is 16.0 Å². The van der Waals surface area contributed by atoms with Crippen molar-refractivity contribution in [2.45, 2.75) is 31.8 Å². The van der Waals surface area contributed by atoms with Crippen LogP contribution in [0.15, 0.2) is 0 Å².